The maximum atomic E-state index is 13.7. The average molecular weight is 1940 g/mol. The van der Waals surface area contributed by atoms with Crippen molar-refractivity contribution in [3.8, 4) is 79.0 Å². The molecule has 0 aliphatic heterocycles. The van der Waals surface area contributed by atoms with Crippen LogP contribution in [-0.2, 0) is 51.8 Å². The van der Waals surface area contributed by atoms with Gasteiger partial charge in [0.2, 0.25) is 0 Å². The number of furan rings is 2. The summed E-state index contributed by atoms with van der Waals surface area (Å²) in [7, 11) is 0. The van der Waals surface area contributed by atoms with Crippen LogP contribution in [0.5, 0.6) is 23.0 Å². The first-order chi connectivity index (χ1) is 70.4. The van der Waals surface area contributed by atoms with E-state index >= 15 is 0 Å². The van der Waals surface area contributed by atoms with Gasteiger partial charge in [0.15, 0.2) is 0 Å². The van der Waals surface area contributed by atoms with Gasteiger partial charge in [-0.25, -0.2) is 0 Å². The summed E-state index contributed by atoms with van der Waals surface area (Å²) in [5.74, 6) is 1.53. The second-order valence-corrected chi connectivity index (χ2v) is 36.6. The fourth-order valence-electron chi connectivity index (χ4n) is 16.9. The second-order valence-electron chi connectivity index (χ2n) is 36.6. The van der Waals surface area contributed by atoms with Gasteiger partial charge in [0.1, 0.15) is 41.1 Å². The van der Waals surface area contributed by atoms with Crippen molar-refractivity contribution in [3.05, 3.63) is 384 Å². The minimum Gasteiger partial charge on any atom is -0.493 e. The minimum absolute atomic E-state index is 0.00636. The summed E-state index contributed by atoms with van der Waals surface area (Å²) in [6, 6.07) is 98.1. The van der Waals surface area contributed by atoms with Gasteiger partial charge in [-0.3, -0.25) is 38.4 Å². The summed E-state index contributed by atoms with van der Waals surface area (Å²) in [6.07, 6.45) is 28.1. The molecule has 4 fully saturated rings. The van der Waals surface area contributed by atoms with E-state index in [1.807, 2.05) is 280 Å². The minimum atomic E-state index is -0.849. The second kappa shape index (κ2) is 54.4. The van der Waals surface area contributed by atoms with E-state index in [1.54, 1.807) is 18.6 Å². The van der Waals surface area contributed by atoms with Crippen molar-refractivity contribution in [2.75, 3.05) is 26.4 Å². The predicted octanol–water partition coefficient (Wildman–Crippen LogP) is 26.5. The Morgan fingerprint density at radius 2 is 0.632 bits per heavy atom. The van der Waals surface area contributed by atoms with Gasteiger partial charge in [-0.15, -0.1) is 0 Å². The van der Waals surface area contributed by atoms with Crippen LogP contribution in [0.25, 0.3) is 56.0 Å². The van der Waals surface area contributed by atoms with E-state index in [9.17, 15) is 38.4 Å². The van der Waals surface area contributed by atoms with Crippen LogP contribution in [-0.4, -0.2) is 138 Å². The van der Waals surface area contributed by atoms with E-state index in [0.29, 0.717) is 101 Å². The summed E-state index contributed by atoms with van der Waals surface area (Å²) in [4.78, 5) is 104. The zero-order chi connectivity index (χ0) is 101. The molecule has 0 unspecified atom stereocenters. The first-order valence-corrected chi connectivity index (χ1v) is 50.3. The number of benzene rings is 11. The number of carbonyl (C=O) groups is 8. The van der Waals surface area contributed by atoms with Gasteiger partial charge in [0.25, 0.3) is 23.6 Å². The number of rotatable bonds is 50. The number of carboxylic acid groups (broad SMARTS) is 4. The largest absolute Gasteiger partial charge is 0.493 e. The highest BCUT2D eigenvalue weighted by Crippen LogP contribution is 2.40. The van der Waals surface area contributed by atoms with Crippen molar-refractivity contribution in [1.29, 1.82) is 0 Å². The molecule has 13 aromatic rings. The molecule has 2 aromatic heterocycles. The standard InChI is InChI=1S/C35H35NO4.C33H39NO4.2C27H27NO5/c37-34(38)17-5-2-10-24-40-33-16-9-6-13-29(33)25-36(30-22-23-30)35(39)28-20-18-27(19-21-28)32-15-8-7-14-31(32)26-11-3-1-4-12-26;1-2-3-9-25-13-15-26(16-14-25)27-17-19-28(20-18-27)33(37)34(30-21-22-30)24-29-10-6-7-11-31(29)38-23-8-4-5-12-32(35)36;2*29-26(30)10-2-1-5-17-32-25-8-4-3-7-22(25)19-28(23-15-16-23)27(31)21-13-11-20(12-14-21)24-9-6-18-33-24/h1,3-4,6-9,11-16,18-21,30H,2,5,10,17,22-25H2,(H,37,38);6-7,10-11,13-20,30H,2-5,8-9,12,21-24H2,1H3,(H,35,36);1,3-9,11-14,18,23H,2,10,15-17,19H2,(H,29,30);1-4,6-9,11-14,18,23H,5,10,15-17,19H2,(H,29,30)/b;;5-1-;2-1+. The van der Waals surface area contributed by atoms with Crippen molar-refractivity contribution < 1.29 is 86.6 Å². The van der Waals surface area contributed by atoms with Gasteiger partial charge in [0.05, 0.1) is 38.8 Å². The fourth-order valence-corrected chi connectivity index (χ4v) is 16.9. The predicted molar refractivity (Wildman–Crippen MR) is 560 cm³/mol. The zero-order valence-electron chi connectivity index (χ0n) is 81.8. The molecule has 4 N–H and O–H groups in total. The maximum absolute atomic E-state index is 13.7. The molecule has 4 aliphatic rings. The molecule has 22 nitrogen and oxygen atoms in total. The SMILES string of the molecule is CCCCc1ccc(-c2ccc(C(=O)N(Cc3ccccc3OCCCCCC(=O)O)C3CC3)cc2)cc1.O=C(O)C/C=C/CCOc1ccccc1CN(C(=O)c1ccc(-c2ccco2)cc1)C1CC1.O=C(O)CC/C=C\COc1ccccc1CN(C(=O)c1ccc(-c2ccco2)cc1)C1CC1.O=C(O)CCCCCOc1ccccc1CN(C(=O)c1ccc(-c2ccccc2-c2ccccc2)cc1)C1CC1. The van der Waals surface area contributed by atoms with E-state index in [4.69, 9.17) is 48.2 Å². The number of carboxylic acids is 4. The van der Waals surface area contributed by atoms with Crippen LogP contribution in [0.2, 0.25) is 0 Å². The topological polar surface area (TPSA) is 294 Å². The summed E-state index contributed by atoms with van der Waals surface area (Å²) >= 11 is 0. The maximum Gasteiger partial charge on any atom is 0.307 e. The van der Waals surface area contributed by atoms with Crippen LogP contribution in [0.1, 0.15) is 217 Å². The molecule has 4 saturated carbocycles. The number of amides is 4. The van der Waals surface area contributed by atoms with Crippen LogP contribution < -0.4 is 18.9 Å². The Hall–Kier alpha value is -15.6. The molecule has 0 spiro atoms. The summed E-state index contributed by atoms with van der Waals surface area (Å²) in [5, 5.41) is 35.0. The Bertz CT molecular complexity index is 6340. The number of aryl methyl sites for hydroxylation is 1. The lowest BCUT2D eigenvalue weighted by Gasteiger charge is -2.24. The van der Waals surface area contributed by atoms with Gasteiger partial charge in [-0.05, 0) is 252 Å². The van der Waals surface area contributed by atoms with Crippen LogP contribution >= 0.6 is 0 Å². The third kappa shape index (κ3) is 32.5. The Morgan fingerprint density at radius 3 is 0.993 bits per heavy atom. The highest BCUT2D eigenvalue weighted by atomic mass is 16.5. The number of ether oxygens (including phenoxy) is 4. The van der Waals surface area contributed by atoms with Crippen molar-refractivity contribution >= 4 is 47.5 Å². The molecule has 11 aromatic carbocycles. The van der Waals surface area contributed by atoms with Crippen molar-refractivity contribution in [1.82, 2.24) is 19.6 Å². The molecule has 4 amide bonds. The summed E-state index contributed by atoms with van der Waals surface area (Å²) in [5.41, 5.74) is 16.7. The normalized spacial score (nSPS) is 12.9. The average Bonchev–Trinajstić information content (AvgIpc) is 1.50. The first kappa shape index (κ1) is 104. The molecule has 2 heterocycles. The lowest BCUT2D eigenvalue weighted by Crippen LogP contribution is -2.32. The van der Waals surface area contributed by atoms with E-state index in [0.717, 1.165) is 174 Å². The number of para-hydroxylation sites is 4. The number of carbonyl (C=O) groups excluding carboxylic acids is 4. The number of allylic oxidation sites excluding steroid dienone is 1. The van der Waals surface area contributed by atoms with E-state index < -0.39 is 23.9 Å². The van der Waals surface area contributed by atoms with E-state index in [-0.39, 0.29) is 73.5 Å². The molecule has 17 rings (SSSR count). The molecule has 144 heavy (non-hydrogen) atoms. The fraction of sp³-hybridized carbons (Fsp3) is 0.295. The molecular formula is C122H128N4O18. The van der Waals surface area contributed by atoms with Crippen LogP contribution in [0.15, 0.2) is 343 Å². The van der Waals surface area contributed by atoms with Crippen molar-refractivity contribution in [2.45, 2.75) is 205 Å². The Labute approximate surface area is 843 Å². The first-order valence-electron chi connectivity index (χ1n) is 50.3. The Balaban J connectivity index is 0.000000153. The molecule has 0 bridgehead atoms. The van der Waals surface area contributed by atoms with Gasteiger partial charge in [0, 0.05) is 125 Å². The van der Waals surface area contributed by atoms with E-state index in [1.165, 1.54) is 29.5 Å². The number of nitrogens with zero attached hydrogens (tertiary/aromatic N) is 4. The Morgan fingerprint density at radius 1 is 0.299 bits per heavy atom. The van der Waals surface area contributed by atoms with Crippen molar-refractivity contribution in [2.24, 2.45) is 0 Å². The quantitative estimate of drug-likeness (QED) is 0.0203. The Kier molecular flexibility index (Phi) is 39.4. The molecule has 22 heteroatoms. The zero-order valence-corrected chi connectivity index (χ0v) is 81.8. The highest BCUT2D eigenvalue weighted by Gasteiger charge is 2.38. The van der Waals surface area contributed by atoms with Gasteiger partial charge in [-0.1, -0.05) is 238 Å². The summed E-state index contributed by atoms with van der Waals surface area (Å²) < 4.78 is 34.8. The van der Waals surface area contributed by atoms with Crippen LogP contribution in [0, 0.1) is 0 Å². The van der Waals surface area contributed by atoms with Crippen LogP contribution in [0.4, 0.5) is 0 Å². The molecular weight excluding hydrogens is 1810 g/mol. The number of hydrogen-bond donors (Lipinski definition) is 4. The smallest absolute Gasteiger partial charge is 0.307 e. The van der Waals surface area contributed by atoms with Gasteiger partial charge < -0.3 is 67.8 Å². The third-order valence-corrected chi connectivity index (χ3v) is 25.4. The molecule has 744 valence electrons. The van der Waals surface area contributed by atoms with Crippen molar-refractivity contribution in [3.63, 3.8) is 0 Å². The third-order valence-electron chi connectivity index (χ3n) is 25.4. The van der Waals surface area contributed by atoms with Gasteiger partial charge in [-0.2, -0.15) is 0 Å². The lowest BCUT2D eigenvalue weighted by molar-refractivity contribution is -0.138. The van der Waals surface area contributed by atoms with Gasteiger partial charge >= 0.3 is 23.9 Å². The molecule has 0 radical (unpaired) electrons. The monoisotopic (exact) mass is 1940 g/mol. The molecule has 4 aliphatic carbocycles. The number of unbranched alkanes of at least 4 members (excludes halogenated alkanes) is 5. The number of hydrogen-bond acceptors (Lipinski definition) is 14. The molecule has 0 atom stereocenters. The number of aliphatic carboxylic acids is 4. The highest BCUT2D eigenvalue weighted by molar-refractivity contribution is 5.98. The summed E-state index contributed by atoms with van der Waals surface area (Å²) in [6.45, 7) is 6.04. The van der Waals surface area contributed by atoms with E-state index in [2.05, 4.69) is 61.5 Å². The molecule has 0 saturated heterocycles. The van der Waals surface area contributed by atoms with Crippen LogP contribution in [0.3, 0.4) is 0 Å². The lowest BCUT2D eigenvalue weighted by atomic mass is 9.94.